The zero-order chi connectivity index (χ0) is 14.9. The van der Waals surface area contributed by atoms with Crippen LogP contribution in [-0.2, 0) is 4.79 Å². The van der Waals surface area contributed by atoms with Gasteiger partial charge in [-0.3, -0.25) is 14.8 Å². The average molecular weight is 279 g/mol. The molecule has 5 nitrogen and oxygen atoms in total. The first-order valence-corrected chi connectivity index (χ1v) is 7.38. The van der Waals surface area contributed by atoms with Crippen LogP contribution in [0.2, 0.25) is 0 Å². The molecule has 2 unspecified atom stereocenters. The standard InChI is InChI=1S/C15H25N3O2/c1-10(2)16-15(14(19)20)7-5-6-13(9-15)18-12(4)8-11(3)17-18/h8,10,13,16H,5-7,9H2,1-4H3,(H,19,20). The van der Waals surface area contributed by atoms with E-state index < -0.39 is 11.5 Å². The summed E-state index contributed by atoms with van der Waals surface area (Å²) in [6.45, 7) is 8.01. The number of hydrogen-bond acceptors (Lipinski definition) is 3. The molecule has 1 aliphatic carbocycles. The van der Waals surface area contributed by atoms with Gasteiger partial charge in [0.05, 0.1) is 11.7 Å². The molecule has 2 atom stereocenters. The van der Waals surface area contributed by atoms with Gasteiger partial charge >= 0.3 is 5.97 Å². The van der Waals surface area contributed by atoms with Gasteiger partial charge in [-0.2, -0.15) is 5.10 Å². The molecular formula is C15H25N3O2. The van der Waals surface area contributed by atoms with Crippen LogP contribution in [0.25, 0.3) is 0 Å². The van der Waals surface area contributed by atoms with Gasteiger partial charge in [-0.15, -0.1) is 0 Å². The third-order valence-electron chi connectivity index (χ3n) is 4.09. The highest BCUT2D eigenvalue weighted by atomic mass is 16.4. The van der Waals surface area contributed by atoms with Crippen LogP contribution in [0.5, 0.6) is 0 Å². The summed E-state index contributed by atoms with van der Waals surface area (Å²) in [5.74, 6) is -0.738. The van der Waals surface area contributed by atoms with Crippen molar-refractivity contribution < 1.29 is 9.90 Å². The first kappa shape index (κ1) is 15.0. The molecule has 0 aliphatic heterocycles. The fourth-order valence-electron chi connectivity index (χ4n) is 3.41. The molecule has 1 saturated carbocycles. The lowest BCUT2D eigenvalue weighted by Crippen LogP contribution is -2.57. The molecule has 0 radical (unpaired) electrons. The van der Waals surface area contributed by atoms with Gasteiger partial charge in [-0.05, 0) is 59.4 Å². The summed E-state index contributed by atoms with van der Waals surface area (Å²) >= 11 is 0. The topological polar surface area (TPSA) is 67.2 Å². The van der Waals surface area contributed by atoms with Crippen molar-refractivity contribution in [3.05, 3.63) is 17.5 Å². The smallest absolute Gasteiger partial charge is 0.323 e. The molecule has 1 aliphatic rings. The Morgan fingerprint density at radius 2 is 2.25 bits per heavy atom. The molecule has 20 heavy (non-hydrogen) atoms. The maximum Gasteiger partial charge on any atom is 0.323 e. The summed E-state index contributed by atoms with van der Waals surface area (Å²) in [5, 5.41) is 17.5. The van der Waals surface area contributed by atoms with Gasteiger partial charge < -0.3 is 5.11 Å². The molecule has 0 spiro atoms. The van der Waals surface area contributed by atoms with Gasteiger partial charge in [0, 0.05) is 11.7 Å². The second kappa shape index (κ2) is 5.56. The van der Waals surface area contributed by atoms with Crippen molar-refractivity contribution in [1.82, 2.24) is 15.1 Å². The lowest BCUT2D eigenvalue weighted by molar-refractivity contribution is -0.147. The van der Waals surface area contributed by atoms with Gasteiger partial charge in [-0.1, -0.05) is 0 Å². The molecule has 1 fully saturated rings. The second-order valence-corrected chi connectivity index (χ2v) is 6.31. The average Bonchev–Trinajstić information content (AvgIpc) is 2.67. The number of aryl methyl sites for hydroxylation is 2. The Morgan fingerprint density at radius 1 is 1.55 bits per heavy atom. The zero-order valence-corrected chi connectivity index (χ0v) is 12.8. The maximum absolute atomic E-state index is 11.8. The van der Waals surface area contributed by atoms with E-state index in [1.54, 1.807) is 0 Å². The van der Waals surface area contributed by atoms with E-state index in [1.807, 2.05) is 38.4 Å². The highest BCUT2D eigenvalue weighted by Gasteiger charge is 2.44. The Morgan fingerprint density at radius 3 is 2.75 bits per heavy atom. The second-order valence-electron chi connectivity index (χ2n) is 6.31. The molecule has 1 heterocycles. The van der Waals surface area contributed by atoms with Crippen molar-refractivity contribution in [3.63, 3.8) is 0 Å². The molecule has 2 N–H and O–H groups in total. The molecule has 112 valence electrons. The van der Waals surface area contributed by atoms with Crippen LogP contribution < -0.4 is 5.32 Å². The van der Waals surface area contributed by atoms with Gasteiger partial charge in [0.25, 0.3) is 0 Å². The van der Waals surface area contributed by atoms with E-state index in [0.29, 0.717) is 12.8 Å². The largest absolute Gasteiger partial charge is 0.480 e. The lowest BCUT2D eigenvalue weighted by atomic mass is 9.78. The number of carboxylic acid groups (broad SMARTS) is 1. The number of carboxylic acids is 1. The third kappa shape index (κ3) is 2.87. The summed E-state index contributed by atoms with van der Waals surface area (Å²) in [4.78, 5) is 11.8. The normalized spacial score (nSPS) is 26.9. The number of aromatic nitrogens is 2. The summed E-state index contributed by atoms with van der Waals surface area (Å²) in [6, 6.07) is 2.37. The minimum atomic E-state index is -0.816. The van der Waals surface area contributed by atoms with E-state index in [9.17, 15) is 9.90 Å². The van der Waals surface area contributed by atoms with Crippen LogP contribution in [0.15, 0.2) is 6.07 Å². The molecule has 1 aromatic heterocycles. The SMILES string of the molecule is Cc1cc(C)n(C2CCCC(NC(C)C)(C(=O)O)C2)n1. The molecule has 5 heteroatoms. The summed E-state index contributed by atoms with van der Waals surface area (Å²) in [5.41, 5.74) is 1.28. The van der Waals surface area contributed by atoms with E-state index in [0.717, 1.165) is 24.2 Å². The maximum atomic E-state index is 11.8. The van der Waals surface area contributed by atoms with Gasteiger partial charge in [0.15, 0.2) is 0 Å². The predicted octanol–water partition coefficient (Wildman–Crippen LogP) is 2.44. The lowest BCUT2D eigenvalue weighted by Gasteiger charge is -2.40. The monoisotopic (exact) mass is 279 g/mol. The summed E-state index contributed by atoms with van der Waals surface area (Å²) < 4.78 is 2.01. The molecule has 0 bridgehead atoms. The zero-order valence-electron chi connectivity index (χ0n) is 12.8. The molecule has 0 amide bonds. The fourth-order valence-corrected chi connectivity index (χ4v) is 3.41. The van der Waals surface area contributed by atoms with Crippen LogP contribution in [0.3, 0.4) is 0 Å². The first-order chi connectivity index (χ1) is 9.34. The molecule has 2 rings (SSSR count). The van der Waals surface area contributed by atoms with Crippen molar-refractivity contribution in [3.8, 4) is 0 Å². The summed E-state index contributed by atoms with van der Waals surface area (Å²) in [7, 11) is 0. The third-order valence-corrected chi connectivity index (χ3v) is 4.09. The van der Waals surface area contributed by atoms with E-state index in [-0.39, 0.29) is 12.1 Å². The van der Waals surface area contributed by atoms with Crippen LogP contribution >= 0.6 is 0 Å². The quantitative estimate of drug-likeness (QED) is 0.888. The Hall–Kier alpha value is -1.36. The highest BCUT2D eigenvalue weighted by Crippen LogP contribution is 2.36. The van der Waals surface area contributed by atoms with E-state index >= 15 is 0 Å². The van der Waals surface area contributed by atoms with Crippen LogP contribution in [0.4, 0.5) is 0 Å². The first-order valence-electron chi connectivity index (χ1n) is 7.38. The minimum Gasteiger partial charge on any atom is -0.480 e. The Labute approximate surface area is 120 Å². The van der Waals surface area contributed by atoms with Gasteiger partial charge in [0.2, 0.25) is 0 Å². The number of carbonyl (C=O) groups is 1. The number of rotatable bonds is 4. The highest BCUT2D eigenvalue weighted by molar-refractivity contribution is 5.79. The Bertz CT molecular complexity index is 495. The van der Waals surface area contributed by atoms with Gasteiger partial charge in [-0.25, -0.2) is 0 Å². The minimum absolute atomic E-state index is 0.158. The molecule has 1 aromatic rings. The van der Waals surface area contributed by atoms with Crippen molar-refractivity contribution >= 4 is 5.97 Å². The Balaban J connectivity index is 2.26. The van der Waals surface area contributed by atoms with E-state index in [1.165, 1.54) is 0 Å². The van der Waals surface area contributed by atoms with Crippen molar-refractivity contribution in [2.24, 2.45) is 0 Å². The van der Waals surface area contributed by atoms with E-state index in [2.05, 4.69) is 10.4 Å². The van der Waals surface area contributed by atoms with Crippen molar-refractivity contribution in [2.75, 3.05) is 0 Å². The fraction of sp³-hybridized carbons (Fsp3) is 0.733. The summed E-state index contributed by atoms with van der Waals surface area (Å²) in [6.07, 6.45) is 3.20. The number of aliphatic carboxylic acids is 1. The number of nitrogens with zero attached hydrogens (tertiary/aromatic N) is 2. The van der Waals surface area contributed by atoms with Crippen molar-refractivity contribution in [1.29, 1.82) is 0 Å². The molecule has 0 saturated heterocycles. The molecule has 0 aromatic carbocycles. The molecular weight excluding hydrogens is 254 g/mol. The van der Waals surface area contributed by atoms with Crippen LogP contribution in [-0.4, -0.2) is 32.4 Å². The number of nitrogens with one attached hydrogen (secondary N) is 1. The number of hydrogen-bond donors (Lipinski definition) is 2. The van der Waals surface area contributed by atoms with E-state index in [4.69, 9.17) is 0 Å². The van der Waals surface area contributed by atoms with Crippen molar-refractivity contribution in [2.45, 2.75) is 71.0 Å². The van der Waals surface area contributed by atoms with Gasteiger partial charge in [0.1, 0.15) is 5.54 Å². The predicted molar refractivity (Wildman–Crippen MR) is 77.8 cm³/mol. The van der Waals surface area contributed by atoms with Crippen LogP contribution in [0, 0.1) is 13.8 Å². The Kier molecular flexibility index (Phi) is 4.18. The van der Waals surface area contributed by atoms with Crippen LogP contribution in [0.1, 0.15) is 57.0 Å².